The van der Waals surface area contributed by atoms with Gasteiger partial charge in [0.05, 0.1) is 12.4 Å². The fourth-order valence-corrected chi connectivity index (χ4v) is 4.05. The van der Waals surface area contributed by atoms with Crippen molar-refractivity contribution in [1.29, 1.82) is 0 Å². The van der Waals surface area contributed by atoms with Crippen LogP contribution in [-0.4, -0.2) is 6.61 Å². The lowest BCUT2D eigenvalue weighted by molar-refractivity contribution is 0.167. The van der Waals surface area contributed by atoms with Crippen LogP contribution >= 0.6 is 0 Å². The van der Waals surface area contributed by atoms with Crippen LogP contribution in [-0.2, 0) is 16.6 Å². The van der Waals surface area contributed by atoms with Crippen molar-refractivity contribution in [3.05, 3.63) is 83.6 Å². The van der Waals surface area contributed by atoms with E-state index in [1.165, 1.54) is 16.9 Å². The van der Waals surface area contributed by atoms with Crippen LogP contribution in [0.15, 0.2) is 72.5 Å². The molecule has 1 heterocycles. The van der Waals surface area contributed by atoms with Crippen molar-refractivity contribution in [2.45, 2.75) is 25.2 Å². The van der Waals surface area contributed by atoms with E-state index in [2.05, 4.69) is 73.7 Å². The molecule has 1 aliphatic carbocycles. The van der Waals surface area contributed by atoms with Crippen LogP contribution in [0, 0.1) is 11.8 Å². The Balaban J connectivity index is 1.56. The topological polar surface area (TPSA) is 9.23 Å². The van der Waals surface area contributed by atoms with Crippen LogP contribution in [0.3, 0.4) is 0 Å². The first kappa shape index (κ1) is 13.6. The Morgan fingerprint density at radius 3 is 2.36 bits per heavy atom. The molecule has 3 atom stereocenters. The molecule has 0 unspecified atom stereocenters. The summed E-state index contributed by atoms with van der Waals surface area (Å²) >= 11 is 0. The van der Waals surface area contributed by atoms with Crippen LogP contribution in [0.1, 0.15) is 24.5 Å². The van der Waals surface area contributed by atoms with E-state index in [4.69, 9.17) is 4.74 Å². The maximum Gasteiger partial charge on any atom is 0.0932 e. The molecule has 2 aromatic rings. The van der Waals surface area contributed by atoms with Crippen molar-refractivity contribution in [1.82, 2.24) is 0 Å². The van der Waals surface area contributed by atoms with E-state index in [0.29, 0.717) is 11.8 Å². The molecule has 0 saturated heterocycles. The Bertz CT molecular complexity index is 674. The van der Waals surface area contributed by atoms with Gasteiger partial charge in [-0.2, -0.15) is 0 Å². The van der Waals surface area contributed by atoms with Crippen molar-refractivity contribution in [3.8, 4) is 0 Å². The summed E-state index contributed by atoms with van der Waals surface area (Å²) in [5, 5.41) is 0. The lowest BCUT2D eigenvalue weighted by Gasteiger charge is -2.23. The Labute approximate surface area is 132 Å². The molecule has 0 aromatic heterocycles. The van der Waals surface area contributed by atoms with Crippen molar-refractivity contribution in [2.75, 3.05) is 6.61 Å². The van der Waals surface area contributed by atoms with Crippen molar-refractivity contribution < 1.29 is 4.74 Å². The van der Waals surface area contributed by atoms with Gasteiger partial charge in [-0.25, -0.2) is 0 Å². The molecule has 0 bridgehead atoms. The van der Waals surface area contributed by atoms with Gasteiger partial charge in [-0.15, -0.1) is 0 Å². The summed E-state index contributed by atoms with van der Waals surface area (Å²) in [6.45, 7) is 3.23. The molecular formula is C21H22O. The highest BCUT2D eigenvalue weighted by molar-refractivity contribution is 5.44. The van der Waals surface area contributed by atoms with Crippen molar-refractivity contribution in [3.63, 3.8) is 0 Å². The predicted molar refractivity (Wildman–Crippen MR) is 89.6 cm³/mol. The average Bonchev–Trinajstić information content (AvgIpc) is 3.20. The minimum Gasteiger partial charge on any atom is -0.498 e. The van der Waals surface area contributed by atoms with Crippen molar-refractivity contribution in [2.24, 2.45) is 11.8 Å². The second-order valence-electron chi connectivity index (χ2n) is 6.60. The highest BCUT2D eigenvalue weighted by Gasteiger charge is 2.63. The van der Waals surface area contributed by atoms with E-state index < -0.39 is 0 Å². The number of allylic oxidation sites excluding steroid dienone is 2. The summed E-state index contributed by atoms with van der Waals surface area (Å²) in [5.41, 5.74) is 3.06. The second kappa shape index (κ2) is 5.31. The summed E-state index contributed by atoms with van der Waals surface area (Å²) in [5.74, 6) is 2.51. The van der Waals surface area contributed by atoms with Crippen LogP contribution in [0.2, 0.25) is 0 Å². The monoisotopic (exact) mass is 290 g/mol. The standard InChI is InChI=1S/C21H22O/c1-16-20-15-22-19(13-12-17-8-4-2-5-9-17)14-21(16,20)18-10-6-3-7-11-18/h2-11,14,16,20H,12-13,15H2,1H3/t16-,20-,21+/m1/s1. The molecule has 0 amide bonds. The number of fused-ring (bicyclic) bond motifs is 1. The summed E-state index contributed by atoms with van der Waals surface area (Å²) in [7, 11) is 0. The van der Waals surface area contributed by atoms with Gasteiger partial charge in [0.25, 0.3) is 0 Å². The zero-order valence-electron chi connectivity index (χ0n) is 13.0. The largest absolute Gasteiger partial charge is 0.498 e. The van der Waals surface area contributed by atoms with Crippen molar-refractivity contribution >= 4 is 0 Å². The van der Waals surface area contributed by atoms with E-state index in [1.54, 1.807) is 0 Å². The number of rotatable bonds is 4. The minimum atomic E-state index is 0.228. The van der Waals surface area contributed by atoms with Gasteiger partial charge in [0.15, 0.2) is 0 Å². The smallest absolute Gasteiger partial charge is 0.0932 e. The summed E-state index contributed by atoms with van der Waals surface area (Å²) < 4.78 is 6.03. The third kappa shape index (κ3) is 2.16. The Morgan fingerprint density at radius 2 is 1.64 bits per heavy atom. The molecule has 112 valence electrons. The van der Waals surface area contributed by atoms with Gasteiger partial charge < -0.3 is 4.74 Å². The zero-order chi connectivity index (χ0) is 15.0. The average molecular weight is 290 g/mol. The molecule has 0 spiro atoms. The molecule has 1 nitrogen and oxygen atoms in total. The fourth-order valence-electron chi connectivity index (χ4n) is 4.05. The first-order valence-corrected chi connectivity index (χ1v) is 8.24. The predicted octanol–water partition coefficient (Wildman–Crippen LogP) is 4.74. The number of hydrogen-bond donors (Lipinski definition) is 0. The Morgan fingerprint density at radius 1 is 0.955 bits per heavy atom. The summed E-state index contributed by atoms with van der Waals surface area (Å²) in [4.78, 5) is 0. The summed E-state index contributed by atoms with van der Waals surface area (Å²) in [6, 6.07) is 21.6. The first-order valence-electron chi connectivity index (χ1n) is 8.24. The number of hydrogen-bond acceptors (Lipinski definition) is 1. The molecule has 2 aliphatic rings. The van der Waals surface area contributed by atoms with Gasteiger partial charge in [0.2, 0.25) is 0 Å². The van der Waals surface area contributed by atoms with Gasteiger partial charge in [0, 0.05) is 17.8 Å². The molecule has 1 saturated carbocycles. The van der Waals surface area contributed by atoms with E-state index in [0.717, 1.165) is 19.4 Å². The maximum atomic E-state index is 6.03. The molecule has 0 N–H and O–H groups in total. The molecule has 1 fully saturated rings. The molecule has 22 heavy (non-hydrogen) atoms. The van der Waals surface area contributed by atoms with E-state index in [-0.39, 0.29) is 5.41 Å². The van der Waals surface area contributed by atoms with Gasteiger partial charge in [0.1, 0.15) is 0 Å². The third-order valence-corrected chi connectivity index (χ3v) is 5.49. The Hall–Kier alpha value is -2.02. The van der Waals surface area contributed by atoms with Crippen LogP contribution in [0.5, 0.6) is 0 Å². The van der Waals surface area contributed by atoms with E-state index >= 15 is 0 Å². The Kier molecular flexibility index (Phi) is 3.29. The van der Waals surface area contributed by atoms with E-state index in [9.17, 15) is 0 Å². The number of aryl methyl sites for hydroxylation is 1. The summed E-state index contributed by atoms with van der Waals surface area (Å²) in [6.07, 6.45) is 4.47. The maximum absolute atomic E-state index is 6.03. The molecule has 1 aliphatic heterocycles. The highest BCUT2D eigenvalue weighted by Crippen LogP contribution is 2.63. The minimum absolute atomic E-state index is 0.228. The van der Waals surface area contributed by atoms with Crippen LogP contribution < -0.4 is 0 Å². The van der Waals surface area contributed by atoms with Crippen LogP contribution in [0.4, 0.5) is 0 Å². The molecule has 2 aromatic carbocycles. The van der Waals surface area contributed by atoms with Gasteiger partial charge >= 0.3 is 0 Å². The molecule has 4 rings (SSSR count). The quantitative estimate of drug-likeness (QED) is 0.790. The SMILES string of the molecule is C[C@@H]1[C@H]2COC(CCc3ccccc3)=C[C@@]12c1ccccc1. The van der Waals surface area contributed by atoms with Crippen LogP contribution in [0.25, 0.3) is 0 Å². The molecular weight excluding hydrogens is 268 g/mol. The second-order valence-corrected chi connectivity index (χ2v) is 6.60. The number of ether oxygens (including phenoxy) is 1. The zero-order valence-corrected chi connectivity index (χ0v) is 13.0. The normalized spacial score (nSPS) is 29.2. The lowest BCUT2D eigenvalue weighted by Crippen LogP contribution is -2.17. The molecule has 1 heteroatoms. The molecule has 0 radical (unpaired) electrons. The fraction of sp³-hybridized carbons (Fsp3) is 0.333. The first-order chi connectivity index (χ1) is 10.8. The van der Waals surface area contributed by atoms with Gasteiger partial charge in [-0.05, 0) is 29.5 Å². The van der Waals surface area contributed by atoms with Gasteiger partial charge in [-0.3, -0.25) is 0 Å². The van der Waals surface area contributed by atoms with Gasteiger partial charge in [-0.1, -0.05) is 67.6 Å². The number of benzene rings is 2. The third-order valence-electron chi connectivity index (χ3n) is 5.49. The lowest BCUT2D eigenvalue weighted by atomic mass is 9.89. The highest BCUT2D eigenvalue weighted by atomic mass is 16.5. The van der Waals surface area contributed by atoms with E-state index in [1.807, 2.05) is 0 Å².